The number of rotatable bonds is 3. The number of H-pyrrole nitrogens is 1. The number of nitrogens with zero attached hydrogens (tertiary/aromatic N) is 1. The van der Waals surface area contributed by atoms with Crippen molar-refractivity contribution in [3.05, 3.63) is 39.6 Å². The van der Waals surface area contributed by atoms with Crippen LogP contribution in [0.4, 0.5) is 11.4 Å². The molecule has 0 bridgehead atoms. The molecule has 5 nitrogen and oxygen atoms in total. The summed E-state index contributed by atoms with van der Waals surface area (Å²) in [4.78, 5) is 12.2. The first-order valence-corrected chi connectivity index (χ1v) is 6.76. The van der Waals surface area contributed by atoms with Crippen molar-refractivity contribution in [2.45, 2.75) is 19.8 Å². The fraction of sp³-hybridized carbons (Fsp3) is 0.231. The summed E-state index contributed by atoms with van der Waals surface area (Å²) in [5.74, 6) is -0.311. The van der Waals surface area contributed by atoms with Gasteiger partial charge < -0.3 is 11.1 Å². The molecule has 20 heavy (non-hydrogen) atoms. The summed E-state index contributed by atoms with van der Waals surface area (Å²) in [6.07, 6.45) is 0. The second-order valence-corrected chi connectivity index (χ2v) is 5.42. The number of aromatic amines is 1. The zero-order chi connectivity index (χ0) is 14.9. The molecule has 0 aliphatic heterocycles. The maximum atomic E-state index is 12.2. The molecule has 0 aliphatic rings. The Morgan fingerprint density at radius 1 is 1.35 bits per heavy atom. The van der Waals surface area contributed by atoms with Crippen molar-refractivity contribution in [2.75, 3.05) is 11.1 Å². The topological polar surface area (TPSA) is 83.8 Å². The number of nitrogens with one attached hydrogen (secondary N) is 2. The van der Waals surface area contributed by atoms with Gasteiger partial charge in [-0.2, -0.15) is 5.10 Å². The number of carbonyl (C=O) groups excluding carboxylic acids is 1. The highest BCUT2D eigenvalue weighted by Gasteiger charge is 2.20. The monoisotopic (exact) mass is 312 g/mol. The molecule has 0 radical (unpaired) electrons. The number of benzene rings is 1. The van der Waals surface area contributed by atoms with Gasteiger partial charge in [-0.3, -0.25) is 9.89 Å². The van der Waals surface area contributed by atoms with Gasteiger partial charge in [-0.1, -0.05) is 43.1 Å². The molecule has 1 aromatic carbocycles. The molecule has 0 saturated heterocycles. The van der Waals surface area contributed by atoms with Crippen molar-refractivity contribution < 1.29 is 4.79 Å². The van der Waals surface area contributed by atoms with E-state index in [1.54, 1.807) is 18.2 Å². The summed E-state index contributed by atoms with van der Waals surface area (Å²) in [6.45, 7) is 3.91. The van der Waals surface area contributed by atoms with Crippen LogP contribution in [0.2, 0.25) is 10.0 Å². The molecule has 1 heterocycles. The zero-order valence-corrected chi connectivity index (χ0v) is 12.5. The molecule has 7 heteroatoms. The molecular weight excluding hydrogens is 299 g/mol. The van der Waals surface area contributed by atoms with E-state index in [2.05, 4.69) is 15.5 Å². The van der Waals surface area contributed by atoms with Crippen molar-refractivity contribution in [3.63, 3.8) is 0 Å². The van der Waals surface area contributed by atoms with E-state index in [4.69, 9.17) is 28.9 Å². The van der Waals surface area contributed by atoms with Gasteiger partial charge in [-0.05, 0) is 18.1 Å². The van der Waals surface area contributed by atoms with Crippen LogP contribution in [-0.2, 0) is 0 Å². The minimum Gasteiger partial charge on any atom is -0.395 e. The third-order valence-corrected chi connectivity index (χ3v) is 3.46. The summed E-state index contributed by atoms with van der Waals surface area (Å²) >= 11 is 12.0. The van der Waals surface area contributed by atoms with Gasteiger partial charge >= 0.3 is 0 Å². The van der Waals surface area contributed by atoms with E-state index in [0.29, 0.717) is 21.4 Å². The van der Waals surface area contributed by atoms with Gasteiger partial charge in [-0.25, -0.2) is 0 Å². The fourth-order valence-electron chi connectivity index (χ4n) is 1.77. The highest BCUT2D eigenvalue weighted by Crippen LogP contribution is 2.31. The number of hydrogen-bond donors (Lipinski definition) is 3. The zero-order valence-electron chi connectivity index (χ0n) is 11.0. The molecule has 0 spiro atoms. The number of carbonyl (C=O) groups is 1. The van der Waals surface area contributed by atoms with Gasteiger partial charge in [0.25, 0.3) is 5.91 Å². The molecule has 1 aromatic heterocycles. The molecule has 1 amide bonds. The number of nitrogens with two attached hydrogens (primary N) is 1. The third kappa shape index (κ3) is 2.73. The molecule has 0 unspecified atom stereocenters. The molecule has 106 valence electrons. The molecule has 4 N–H and O–H groups in total. The number of amides is 1. The Morgan fingerprint density at radius 3 is 2.45 bits per heavy atom. The van der Waals surface area contributed by atoms with E-state index >= 15 is 0 Å². The number of anilines is 2. The lowest BCUT2D eigenvalue weighted by Crippen LogP contribution is -2.15. The first-order chi connectivity index (χ1) is 9.41. The number of para-hydroxylation sites is 1. The van der Waals surface area contributed by atoms with E-state index in [9.17, 15) is 4.79 Å². The van der Waals surface area contributed by atoms with Crippen molar-refractivity contribution in [2.24, 2.45) is 0 Å². The number of hydrogen-bond acceptors (Lipinski definition) is 3. The highest BCUT2D eigenvalue weighted by molar-refractivity contribution is 6.40. The Labute approximate surface area is 126 Å². The SMILES string of the molecule is CC(C)c1[nH]nc(C(=O)Nc2c(Cl)cccc2Cl)c1N. The molecule has 2 aromatic rings. The molecule has 0 fully saturated rings. The lowest BCUT2D eigenvalue weighted by Gasteiger charge is -2.08. The van der Waals surface area contributed by atoms with E-state index in [1.165, 1.54) is 0 Å². The second kappa shape index (κ2) is 5.73. The molecule has 0 saturated carbocycles. The second-order valence-electron chi connectivity index (χ2n) is 4.61. The van der Waals surface area contributed by atoms with E-state index in [-0.39, 0.29) is 11.6 Å². The van der Waals surface area contributed by atoms with Crippen molar-refractivity contribution in [3.8, 4) is 0 Å². The Balaban J connectivity index is 2.29. The maximum Gasteiger partial charge on any atom is 0.278 e. The van der Waals surface area contributed by atoms with Crippen molar-refractivity contribution in [1.82, 2.24) is 10.2 Å². The van der Waals surface area contributed by atoms with Crippen molar-refractivity contribution in [1.29, 1.82) is 0 Å². The first kappa shape index (κ1) is 14.7. The Bertz CT molecular complexity index is 632. The first-order valence-electron chi connectivity index (χ1n) is 6.01. The van der Waals surface area contributed by atoms with Gasteiger partial charge in [-0.15, -0.1) is 0 Å². The highest BCUT2D eigenvalue weighted by atomic mass is 35.5. The van der Waals surface area contributed by atoms with E-state index in [0.717, 1.165) is 5.69 Å². The number of nitrogen functional groups attached to an aromatic ring is 1. The summed E-state index contributed by atoms with van der Waals surface area (Å²) in [5, 5.41) is 10.0. The third-order valence-electron chi connectivity index (χ3n) is 2.83. The average Bonchev–Trinajstić information content (AvgIpc) is 2.76. The average molecular weight is 313 g/mol. The van der Waals surface area contributed by atoms with Gasteiger partial charge in [0, 0.05) is 0 Å². The van der Waals surface area contributed by atoms with E-state index in [1.807, 2.05) is 13.8 Å². The minimum atomic E-state index is -0.458. The van der Waals surface area contributed by atoms with Crippen LogP contribution < -0.4 is 11.1 Å². The van der Waals surface area contributed by atoms with Crippen LogP contribution in [-0.4, -0.2) is 16.1 Å². The lowest BCUT2D eigenvalue weighted by atomic mass is 10.1. The van der Waals surface area contributed by atoms with Crippen LogP contribution >= 0.6 is 23.2 Å². The maximum absolute atomic E-state index is 12.2. The summed E-state index contributed by atoms with van der Waals surface area (Å²) < 4.78 is 0. The predicted octanol–water partition coefficient (Wildman–Crippen LogP) is 3.67. The summed E-state index contributed by atoms with van der Waals surface area (Å²) in [5.41, 5.74) is 7.44. The lowest BCUT2D eigenvalue weighted by molar-refractivity contribution is 0.102. The van der Waals surface area contributed by atoms with Gasteiger partial charge in [0.1, 0.15) is 0 Å². The molecule has 0 atom stereocenters. The molecular formula is C13H14Cl2N4O. The van der Waals surface area contributed by atoms with E-state index < -0.39 is 5.91 Å². The standard InChI is InChI=1S/C13H14Cl2N4O/c1-6(2)10-9(16)12(19-18-10)13(20)17-11-7(14)4-3-5-8(11)15/h3-6H,16H2,1-2H3,(H,17,20)(H,18,19). The summed E-state index contributed by atoms with van der Waals surface area (Å²) in [7, 11) is 0. The van der Waals surface area contributed by atoms with Gasteiger partial charge in [0.05, 0.1) is 27.1 Å². The van der Waals surface area contributed by atoms with Crippen LogP contribution in [0.3, 0.4) is 0 Å². The minimum absolute atomic E-state index is 0.129. The van der Waals surface area contributed by atoms with Crippen LogP contribution in [0.5, 0.6) is 0 Å². The Kier molecular flexibility index (Phi) is 4.20. The smallest absolute Gasteiger partial charge is 0.278 e. The number of halogens is 2. The van der Waals surface area contributed by atoms with Crippen LogP contribution in [0, 0.1) is 0 Å². The molecule has 0 aliphatic carbocycles. The van der Waals surface area contributed by atoms with Crippen LogP contribution in [0.25, 0.3) is 0 Å². The van der Waals surface area contributed by atoms with Crippen LogP contribution in [0.1, 0.15) is 35.9 Å². The number of aromatic nitrogens is 2. The van der Waals surface area contributed by atoms with Gasteiger partial charge in [0.2, 0.25) is 0 Å². The Hall–Kier alpha value is -1.72. The fourth-order valence-corrected chi connectivity index (χ4v) is 2.26. The quantitative estimate of drug-likeness (QED) is 0.808. The predicted molar refractivity (Wildman–Crippen MR) is 81.5 cm³/mol. The van der Waals surface area contributed by atoms with Gasteiger partial charge in [0.15, 0.2) is 5.69 Å². The molecule has 2 rings (SSSR count). The van der Waals surface area contributed by atoms with Crippen molar-refractivity contribution >= 4 is 40.5 Å². The summed E-state index contributed by atoms with van der Waals surface area (Å²) in [6, 6.07) is 4.97. The van der Waals surface area contributed by atoms with Crippen LogP contribution in [0.15, 0.2) is 18.2 Å². The normalized spacial score (nSPS) is 10.8. The Morgan fingerprint density at radius 2 is 1.95 bits per heavy atom. The largest absolute Gasteiger partial charge is 0.395 e.